The van der Waals surface area contributed by atoms with Crippen molar-refractivity contribution in [3.8, 4) is 0 Å². The first-order chi connectivity index (χ1) is 13.0. The van der Waals surface area contributed by atoms with E-state index in [1.54, 1.807) is 6.92 Å². The fourth-order valence-corrected chi connectivity index (χ4v) is 3.58. The molecule has 0 N–H and O–H groups in total. The monoisotopic (exact) mass is 402 g/mol. The third kappa shape index (κ3) is 5.41. The lowest BCUT2D eigenvalue weighted by molar-refractivity contribution is -0.242. The average molecular weight is 402 g/mol. The van der Waals surface area contributed by atoms with Gasteiger partial charge in [-0.25, -0.2) is 0 Å². The van der Waals surface area contributed by atoms with Crippen LogP contribution in [-0.4, -0.2) is 73.7 Å². The Morgan fingerprint density at radius 1 is 1.00 bits per heavy atom. The SMILES string of the molecule is COC(=O)CC1(C)C[C@H]2O[C@H](COC(C)=O)[C@@H](OC(C)=O)[C@H](OC(C)=O)[C@H]2O1. The topological polar surface area (TPSA) is 124 Å². The number of ether oxygens (including phenoxy) is 6. The van der Waals surface area contributed by atoms with Gasteiger partial charge in [0.05, 0.1) is 25.2 Å². The van der Waals surface area contributed by atoms with Crippen LogP contribution < -0.4 is 0 Å². The molecule has 0 aromatic rings. The first-order valence-corrected chi connectivity index (χ1v) is 8.92. The Hall–Kier alpha value is -2.20. The third-order valence-electron chi connectivity index (χ3n) is 4.58. The van der Waals surface area contributed by atoms with Crippen LogP contribution in [0.2, 0.25) is 0 Å². The van der Waals surface area contributed by atoms with Crippen molar-refractivity contribution < 1.29 is 47.6 Å². The smallest absolute Gasteiger partial charge is 0.308 e. The van der Waals surface area contributed by atoms with Gasteiger partial charge in [-0.05, 0) is 6.92 Å². The summed E-state index contributed by atoms with van der Waals surface area (Å²) in [6.45, 7) is 5.19. The van der Waals surface area contributed by atoms with Gasteiger partial charge in [0.25, 0.3) is 0 Å². The van der Waals surface area contributed by atoms with Gasteiger partial charge < -0.3 is 28.4 Å². The van der Waals surface area contributed by atoms with E-state index in [4.69, 9.17) is 28.4 Å². The predicted molar refractivity (Wildman–Crippen MR) is 90.9 cm³/mol. The third-order valence-corrected chi connectivity index (χ3v) is 4.58. The van der Waals surface area contributed by atoms with Crippen molar-refractivity contribution in [1.82, 2.24) is 0 Å². The maximum Gasteiger partial charge on any atom is 0.308 e. The Morgan fingerprint density at radius 3 is 2.14 bits per heavy atom. The quantitative estimate of drug-likeness (QED) is 0.452. The summed E-state index contributed by atoms with van der Waals surface area (Å²) in [7, 11) is 1.28. The minimum atomic E-state index is -1.04. The van der Waals surface area contributed by atoms with Gasteiger partial charge in [0.1, 0.15) is 18.8 Å². The van der Waals surface area contributed by atoms with Gasteiger partial charge in [0.2, 0.25) is 0 Å². The first-order valence-electron chi connectivity index (χ1n) is 8.92. The molecule has 2 rings (SSSR count). The molecule has 0 aromatic heterocycles. The summed E-state index contributed by atoms with van der Waals surface area (Å²) in [6, 6.07) is 0. The molecule has 1 unspecified atom stereocenters. The average Bonchev–Trinajstić information content (AvgIpc) is 2.90. The Balaban J connectivity index is 2.30. The summed E-state index contributed by atoms with van der Waals surface area (Å²) >= 11 is 0. The molecule has 0 aromatic carbocycles. The van der Waals surface area contributed by atoms with Gasteiger partial charge in [0, 0.05) is 27.2 Å². The summed E-state index contributed by atoms with van der Waals surface area (Å²) in [6.07, 6.45) is -3.93. The van der Waals surface area contributed by atoms with Gasteiger partial charge in [-0.1, -0.05) is 0 Å². The lowest BCUT2D eigenvalue weighted by Crippen LogP contribution is -2.60. The Kier molecular flexibility index (Phi) is 7.00. The Morgan fingerprint density at radius 2 is 1.61 bits per heavy atom. The molecule has 0 spiro atoms. The van der Waals surface area contributed by atoms with Crippen molar-refractivity contribution in [3.63, 3.8) is 0 Å². The number of hydrogen-bond donors (Lipinski definition) is 0. The molecule has 2 fully saturated rings. The van der Waals surface area contributed by atoms with Gasteiger partial charge in [0.15, 0.2) is 12.2 Å². The van der Waals surface area contributed by atoms with Crippen molar-refractivity contribution in [2.24, 2.45) is 0 Å². The Labute approximate surface area is 162 Å². The van der Waals surface area contributed by atoms with Gasteiger partial charge in [-0.3, -0.25) is 19.2 Å². The van der Waals surface area contributed by atoms with E-state index in [9.17, 15) is 19.2 Å². The normalized spacial score (nSPS) is 34.1. The van der Waals surface area contributed by atoms with E-state index >= 15 is 0 Å². The molecular weight excluding hydrogens is 376 g/mol. The van der Waals surface area contributed by atoms with Gasteiger partial charge >= 0.3 is 23.9 Å². The highest BCUT2D eigenvalue weighted by atomic mass is 16.7. The van der Waals surface area contributed by atoms with Crippen LogP contribution >= 0.6 is 0 Å². The number of rotatable bonds is 6. The molecule has 10 heteroatoms. The Bertz CT molecular complexity index is 632. The lowest BCUT2D eigenvalue weighted by Gasteiger charge is -2.42. The zero-order valence-electron chi connectivity index (χ0n) is 16.6. The number of fused-ring (bicyclic) bond motifs is 1. The van der Waals surface area contributed by atoms with E-state index in [1.165, 1.54) is 27.9 Å². The maximum absolute atomic E-state index is 11.7. The molecule has 158 valence electrons. The van der Waals surface area contributed by atoms with Crippen LogP contribution in [0.1, 0.15) is 40.5 Å². The van der Waals surface area contributed by atoms with Crippen LogP contribution in [-0.2, 0) is 47.6 Å². The van der Waals surface area contributed by atoms with Crippen LogP contribution in [0.3, 0.4) is 0 Å². The van der Waals surface area contributed by atoms with E-state index in [0.29, 0.717) is 6.42 Å². The number of carbonyl (C=O) groups excluding carboxylic acids is 4. The molecule has 0 radical (unpaired) electrons. The van der Waals surface area contributed by atoms with Crippen LogP contribution in [0.25, 0.3) is 0 Å². The van der Waals surface area contributed by atoms with E-state index in [1.807, 2.05) is 0 Å². The highest BCUT2D eigenvalue weighted by molar-refractivity contribution is 5.70. The maximum atomic E-state index is 11.7. The summed E-state index contributed by atoms with van der Waals surface area (Å²) in [4.78, 5) is 46.2. The number of methoxy groups -OCH3 is 1. The molecule has 2 saturated heterocycles. The molecule has 0 aliphatic carbocycles. The molecule has 2 aliphatic rings. The molecule has 0 saturated carbocycles. The molecule has 2 heterocycles. The van der Waals surface area contributed by atoms with E-state index in [0.717, 1.165) is 0 Å². The fourth-order valence-electron chi connectivity index (χ4n) is 3.58. The van der Waals surface area contributed by atoms with Crippen molar-refractivity contribution in [3.05, 3.63) is 0 Å². The molecule has 6 atom stereocenters. The number of carbonyl (C=O) groups is 4. The summed E-state index contributed by atoms with van der Waals surface area (Å²) in [5.74, 6) is -2.21. The predicted octanol–water partition coefficient (Wildman–Crippen LogP) is 0.291. The van der Waals surface area contributed by atoms with Crippen molar-refractivity contribution in [2.45, 2.75) is 76.7 Å². The van der Waals surface area contributed by atoms with Crippen LogP contribution in [0.15, 0.2) is 0 Å². The van der Waals surface area contributed by atoms with E-state index in [-0.39, 0.29) is 13.0 Å². The van der Waals surface area contributed by atoms with Crippen molar-refractivity contribution >= 4 is 23.9 Å². The summed E-state index contributed by atoms with van der Waals surface area (Å²) in [5, 5.41) is 0. The lowest BCUT2D eigenvalue weighted by atomic mass is 9.91. The number of hydrogen-bond acceptors (Lipinski definition) is 10. The summed E-state index contributed by atoms with van der Waals surface area (Å²) < 4.78 is 32.5. The zero-order valence-corrected chi connectivity index (χ0v) is 16.6. The second-order valence-corrected chi connectivity index (χ2v) is 7.15. The van der Waals surface area contributed by atoms with Crippen molar-refractivity contribution in [1.29, 1.82) is 0 Å². The minimum absolute atomic E-state index is 0.0283. The molecule has 0 bridgehead atoms. The zero-order chi connectivity index (χ0) is 21.1. The minimum Gasteiger partial charge on any atom is -0.469 e. The second kappa shape index (κ2) is 8.87. The van der Waals surface area contributed by atoms with E-state index < -0.39 is 60.0 Å². The van der Waals surface area contributed by atoms with Crippen LogP contribution in [0, 0.1) is 0 Å². The highest BCUT2D eigenvalue weighted by Gasteiger charge is 2.58. The van der Waals surface area contributed by atoms with Crippen LogP contribution in [0.4, 0.5) is 0 Å². The molecule has 2 aliphatic heterocycles. The molecule has 10 nitrogen and oxygen atoms in total. The van der Waals surface area contributed by atoms with Crippen LogP contribution in [0.5, 0.6) is 0 Å². The fraction of sp³-hybridized carbons (Fsp3) is 0.778. The highest BCUT2D eigenvalue weighted by Crippen LogP contribution is 2.42. The van der Waals surface area contributed by atoms with Gasteiger partial charge in [-0.2, -0.15) is 0 Å². The van der Waals surface area contributed by atoms with Gasteiger partial charge in [-0.15, -0.1) is 0 Å². The standard InChI is InChI=1S/C18H26O10/c1-9(19)24-8-13-15(25-10(2)20)17(26-11(3)21)16-12(27-13)6-18(4,28-16)7-14(22)23-5/h12-13,15-17H,6-8H2,1-5H3/t12-,13-,15-,16+,17+,18?/m1/s1. The van der Waals surface area contributed by atoms with Crippen molar-refractivity contribution in [2.75, 3.05) is 13.7 Å². The molecule has 0 amide bonds. The van der Waals surface area contributed by atoms with E-state index in [2.05, 4.69) is 0 Å². The largest absolute Gasteiger partial charge is 0.469 e. The second-order valence-electron chi connectivity index (χ2n) is 7.15. The molecule has 28 heavy (non-hydrogen) atoms. The molecular formula is C18H26O10. The first kappa shape index (κ1) is 22.1. The summed E-state index contributed by atoms with van der Waals surface area (Å²) in [5.41, 5.74) is -0.919. The number of esters is 4.